The van der Waals surface area contributed by atoms with Crippen LogP contribution in [0.1, 0.15) is 51.9 Å². The zero-order chi connectivity index (χ0) is 21.4. The second-order valence-electron chi connectivity index (χ2n) is 7.49. The van der Waals surface area contributed by atoms with Gasteiger partial charge in [-0.25, -0.2) is 0 Å². The van der Waals surface area contributed by atoms with E-state index in [9.17, 15) is 0 Å². The third kappa shape index (κ3) is 23.9. The number of hydrogen-bond donors (Lipinski definition) is 1. The van der Waals surface area contributed by atoms with Gasteiger partial charge in [-0.05, 0) is 26.9 Å². The molecule has 0 fully saturated rings. The monoisotopic (exact) mass is 421 g/mol. The van der Waals surface area contributed by atoms with Gasteiger partial charge in [0, 0.05) is 13.2 Å². The Balaban J connectivity index is 3.60. The summed E-state index contributed by atoms with van der Waals surface area (Å²) in [6.45, 7) is 8.31. The summed E-state index contributed by atoms with van der Waals surface area (Å²) in [6, 6.07) is 0. The molecule has 0 aromatic rings. The highest BCUT2D eigenvalue weighted by atomic mass is 16.6. The van der Waals surface area contributed by atoms with Gasteiger partial charge in [0.2, 0.25) is 0 Å². The summed E-state index contributed by atoms with van der Waals surface area (Å²) >= 11 is 0. The average molecular weight is 422 g/mol. The predicted molar refractivity (Wildman–Crippen MR) is 117 cm³/mol. The average Bonchev–Trinajstić information content (AvgIpc) is 2.71. The number of nitrogens with zero attached hydrogens (tertiary/aromatic N) is 1. The summed E-state index contributed by atoms with van der Waals surface area (Å²) in [5.74, 6) is 0. The molecular formula is C22H47NO6. The molecule has 0 bridgehead atoms. The van der Waals surface area contributed by atoms with E-state index >= 15 is 0 Å². The maximum atomic E-state index is 8.58. The van der Waals surface area contributed by atoms with E-state index in [1.165, 1.54) is 32.1 Å². The van der Waals surface area contributed by atoms with E-state index < -0.39 is 0 Å². The van der Waals surface area contributed by atoms with Crippen molar-refractivity contribution in [3.05, 3.63) is 0 Å². The van der Waals surface area contributed by atoms with Gasteiger partial charge >= 0.3 is 0 Å². The first-order valence-corrected chi connectivity index (χ1v) is 11.4. The van der Waals surface area contributed by atoms with Crippen molar-refractivity contribution in [2.45, 2.75) is 58.0 Å². The van der Waals surface area contributed by atoms with Gasteiger partial charge in [-0.15, -0.1) is 0 Å². The first kappa shape index (κ1) is 28.7. The highest BCUT2D eigenvalue weighted by Gasteiger charge is 2.10. The van der Waals surface area contributed by atoms with Crippen LogP contribution in [0.25, 0.3) is 0 Å². The summed E-state index contributed by atoms with van der Waals surface area (Å²) in [7, 11) is 4.17. The van der Waals surface area contributed by atoms with Crippen LogP contribution in [0.2, 0.25) is 0 Å². The normalized spacial score (nSPS) is 12.7. The number of ether oxygens (including phenoxy) is 5. The molecule has 0 heterocycles. The van der Waals surface area contributed by atoms with E-state index in [4.69, 9.17) is 28.8 Å². The summed E-state index contributed by atoms with van der Waals surface area (Å²) in [6.07, 6.45) is 8.80. The molecule has 0 saturated carbocycles. The Labute approximate surface area is 179 Å². The van der Waals surface area contributed by atoms with Crippen LogP contribution >= 0.6 is 0 Å². The molecule has 0 aromatic heterocycles. The fourth-order valence-electron chi connectivity index (χ4n) is 2.69. The first-order chi connectivity index (χ1) is 14.2. The zero-order valence-corrected chi connectivity index (χ0v) is 19.2. The molecule has 0 aliphatic rings. The third-order valence-corrected chi connectivity index (χ3v) is 4.41. The van der Waals surface area contributed by atoms with Crippen molar-refractivity contribution in [2.24, 2.45) is 0 Å². The molecule has 0 radical (unpaired) electrons. The van der Waals surface area contributed by atoms with Crippen molar-refractivity contribution < 1.29 is 28.8 Å². The van der Waals surface area contributed by atoms with Crippen molar-refractivity contribution in [3.63, 3.8) is 0 Å². The largest absolute Gasteiger partial charge is 0.394 e. The Morgan fingerprint density at radius 1 is 0.690 bits per heavy atom. The quantitative estimate of drug-likeness (QED) is 0.240. The van der Waals surface area contributed by atoms with E-state index in [1.807, 2.05) is 0 Å². The molecule has 0 aliphatic heterocycles. The summed E-state index contributed by atoms with van der Waals surface area (Å²) in [4.78, 5) is 2.18. The molecular weight excluding hydrogens is 374 g/mol. The molecule has 1 unspecified atom stereocenters. The fourth-order valence-corrected chi connectivity index (χ4v) is 2.69. The Morgan fingerprint density at radius 3 is 1.83 bits per heavy atom. The second kappa shape index (κ2) is 24.0. The van der Waals surface area contributed by atoms with Crippen LogP contribution < -0.4 is 0 Å². The lowest BCUT2D eigenvalue weighted by Gasteiger charge is -2.20. The first-order valence-electron chi connectivity index (χ1n) is 11.4. The molecule has 0 rings (SSSR count). The Hall–Kier alpha value is -0.280. The fraction of sp³-hybridized carbons (Fsp3) is 1.00. The molecule has 7 heteroatoms. The van der Waals surface area contributed by atoms with Gasteiger partial charge in [0.05, 0.1) is 65.6 Å². The van der Waals surface area contributed by atoms with Gasteiger partial charge in [0.25, 0.3) is 0 Å². The van der Waals surface area contributed by atoms with Crippen LogP contribution in [0.4, 0.5) is 0 Å². The predicted octanol–water partition coefficient (Wildman–Crippen LogP) is 2.74. The van der Waals surface area contributed by atoms with E-state index in [-0.39, 0.29) is 12.7 Å². The molecule has 0 amide bonds. The number of aliphatic hydroxyl groups excluding tert-OH is 1. The van der Waals surface area contributed by atoms with Crippen LogP contribution in [-0.2, 0) is 23.7 Å². The van der Waals surface area contributed by atoms with Crippen LogP contribution in [-0.4, -0.2) is 103 Å². The minimum absolute atomic E-state index is 0.0448. The van der Waals surface area contributed by atoms with Gasteiger partial charge in [-0.1, -0.05) is 39.0 Å². The smallest absolute Gasteiger partial charge is 0.0820 e. The van der Waals surface area contributed by atoms with Gasteiger partial charge in [0.15, 0.2) is 0 Å². The minimum Gasteiger partial charge on any atom is -0.394 e. The molecule has 176 valence electrons. The minimum atomic E-state index is 0.0448. The molecule has 0 spiro atoms. The standard InChI is InChI=1S/C22H47NO6/c1-4-5-6-7-8-9-13-29-22(10-11-23(2)3)21-28-20-19-27-18-17-26-16-15-25-14-12-24/h22,24H,4-21H2,1-3H3. The van der Waals surface area contributed by atoms with Crippen molar-refractivity contribution in [3.8, 4) is 0 Å². The van der Waals surface area contributed by atoms with Crippen LogP contribution in [0.5, 0.6) is 0 Å². The van der Waals surface area contributed by atoms with Crippen molar-refractivity contribution in [1.29, 1.82) is 0 Å². The zero-order valence-electron chi connectivity index (χ0n) is 19.2. The van der Waals surface area contributed by atoms with Crippen molar-refractivity contribution in [1.82, 2.24) is 4.90 Å². The van der Waals surface area contributed by atoms with E-state index in [1.54, 1.807) is 0 Å². The highest BCUT2D eigenvalue weighted by molar-refractivity contribution is 4.60. The van der Waals surface area contributed by atoms with Crippen LogP contribution in [0.3, 0.4) is 0 Å². The van der Waals surface area contributed by atoms with Crippen LogP contribution in [0, 0.1) is 0 Å². The Morgan fingerprint density at radius 2 is 1.24 bits per heavy atom. The highest BCUT2D eigenvalue weighted by Crippen LogP contribution is 2.07. The summed E-state index contributed by atoms with van der Waals surface area (Å²) in [5, 5.41) is 8.58. The van der Waals surface area contributed by atoms with E-state index in [0.29, 0.717) is 52.9 Å². The molecule has 0 saturated heterocycles. The lowest BCUT2D eigenvalue weighted by molar-refractivity contribution is -0.0431. The summed E-state index contributed by atoms with van der Waals surface area (Å²) in [5.41, 5.74) is 0. The maximum Gasteiger partial charge on any atom is 0.0820 e. The van der Waals surface area contributed by atoms with E-state index in [0.717, 1.165) is 26.0 Å². The number of aliphatic hydroxyl groups is 1. The maximum absolute atomic E-state index is 8.58. The molecule has 1 N–H and O–H groups in total. The molecule has 1 atom stereocenters. The lowest BCUT2D eigenvalue weighted by atomic mass is 10.1. The molecule has 7 nitrogen and oxygen atoms in total. The number of hydrogen-bond acceptors (Lipinski definition) is 7. The Kier molecular flexibility index (Phi) is 23.8. The summed E-state index contributed by atoms with van der Waals surface area (Å²) < 4.78 is 27.8. The second-order valence-corrected chi connectivity index (χ2v) is 7.49. The third-order valence-electron chi connectivity index (χ3n) is 4.41. The number of unbranched alkanes of at least 4 members (excludes halogenated alkanes) is 5. The SMILES string of the molecule is CCCCCCCCOC(CCN(C)C)COCCOCCOCCOCCO. The Bertz CT molecular complexity index is 307. The van der Waals surface area contributed by atoms with Gasteiger partial charge in [0.1, 0.15) is 0 Å². The van der Waals surface area contributed by atoms with Crippen molar-refractivity contribution in [2.75, 3.05) is 86.7 Å². The lowest BCUT2D eigenvalue weighted by Crippen LogP contribution is -2.27. The topological polar surface area (TPSA) is 69.6 Å². The molecule has 0 aliphatic carbocycles. The molecule has 0 aromatic carbocycles. The van der Waals surface area contributed by atoms with Gasteiger partial charge in [-0.2, -0.15) is 0 Å². The van der Waals surface area contributed by atoms with E-state index in [2.05, 4.69) is 25.9 Å². The number of rotatable bonds is 24. The van der Waals surface area contributed by atoms with Gasteiger partial charge in [-0.3, -0.25) is 0 Å². The van der Waals surface area contributed by atoms with Gasteiger partial charge < -0.3 is 33.7 Å². The molecule has 29 heavy (non-hydrogen) atoms. The van der Waals surface area contributed by atoms with Crippen LogP contribution in [0.15, 0.2) is 0 Å². The van der Waals surface area contributed by atoms with Crippen molar-refractivity contribution >= 4 is 0 Å².